The second-order valence-corrected chi connectivity index (χ2v) is 5.11. The molecule has 0 spiro atoms. The fourth-order valence-electron chi connectivity index (χ4n) is 2.50. The Morgan fingerprint density at radius 1 is 1.10 bits per heavy atom. The molecular weight excluding hydrogens is 265 g/mol. The first kappa shape index (κ1) is 13.5. The third-order valence-electron chi connectivity index (χ3n) is 3.61. The molecule has 3 aromatic rings. The lowest BCUT2D eigenvalue weighted by Crippen LogP contribution is -2.10. The van der Waals surface area contributed by atoms with Crippen LogP contribution in [0.4, 0.5) is 10.2 Å². The molecule has 1 heterocycles. The lowest BCUT2D eigenvalue weighted by molar-refractivity contribution is 0.629. The number of nitrogens with one attached hydrogen (secondary N) is 1. The molecule has 0 aliphatic heterocycles. The smallest absolute Gasteiger partial charge is 0.137 e. The molecule has 0 amide bonds. The summed E-state index contributed by atoms with van der Waals surface area (Å²) in [6.07, 6.45) is 1.49. The van der Waals surface area contributed by atoms with Gasteiger partial charge in [-0.2, -0.15) is 0 Å². The Balaban J connectivity index is 1.98. The highest BCUT2D eigenvalue weighted by Crippen LogP contribution is 2.25. The zero-order chi connectivity index (χ0) is 14.8. The van der Waals surface area contributed by atoms with E-state index in [4.69, 9.17) is 0 Å². The Morgan fingerprint density at radius 2 is 1.90 bits per heavy atom. The molecule has 1 unspecified atom stereocenters. The van der Waals surface area contributed by atoms with Gasteiger partial charge in [0, 0.05) is 5.39 Å². The van der Waals surface area contributed by atoms with Gasteiger partial charge in [-0.25, -0.2) is 14.4 Å². The standard InChI is InChI=1S/C17H16FN3/c1-11-5-3-4-6-14(11)12(2)21-17-15-9-13(18)7-8-16(15)19-10-20-17/h3-10,12H,1-2H3,(H,19,20,21). The fraction of sp³-hybridized carbons (Fsp3) is 0.176. The molecule has 3 rings (SSSR count). The summed E-state index contributed by atoms with van der Waals surface area (Å²) in [6, 6.07) is 12.8. The lowest BCUT2D eigenvalue weighted by Gasteiger charge is -2.18. The van der Waals surface area contributed by atoms with Gasteiger partial charge in [0.2, 0.25) is 0 Å². The summed E-state index contributed by atoms with van der Waals surface area (Å²) < 4.78 is 13.5. The molecule has 0 aliphatic rings. The van der Waals surface area contributed by atoms with Crippen molar-refractivity contribution in [2.45, 2.75) is 19.9 Å². The van der Waals surface area contributed by atoms with Gasteiger partial charge in [-0.15, -0.1) is 0 Å². The molecule has 2 aromatic carbocycles. The van der Waals surface area contributed by atoms with Crippen LogP contribution < -0.4 is 5.32 Å². The molecule has 4 heteroatoms. The van der Waals surface area contributed by atoms with Gasteiger partial charge in [-0.05, 0) is 43.2 Å². The molecule has 0 fully saturated rings. The van der Waals surface area contributed by atoms with Gasteiger partial charge in [0.1, 0.15) is 18.0 Å². The van der Waals surface area contributed by atoms with Crippen molar-refractivity contribution in [2.75, 3.05) is 5.32 Å². The van der Waals surface area contributed by atoms with E-state index in [1.165, 1.54) is 29.6 Å². The number of fused-ring (bicyclic) bond motifs is 1. The summed E-state index contributed by atoms with van der Waals surface area (Å²) in [6.45, 7) is 4.14. The zero-order valence-electron chi connectivity index (χ0n) is 12.0. The van der Waals surface area contributed by atoms with E-state index in [1.807, 2.05) is 12.1 Å². The number of aryl methyl sites for hydroxylation is 1. The molecule has 1 aromatic heterocycles. The van der Waals surface area contributed by atoms with Gasteiger partial charge in [0.15, 0.2) is 0 Å². The first-order valence-corrected chi connectivity index (χ1v) is 6.87. The summed E-state index contributed by atoms with van der Waals surface area (Å²) >= 11 is 0. The summed E-state index contributed by atoms with van der Waals surface area (Å²) in [4.78, 5) is 8.42. The summed E-state index contributed by atoms with van der Waals surface area (Å²) in [5, 5.41) is 4.04. The van der Waals surface area contributed by atoms with Crippen LogP contribution in [0.1, 0.15) is 24.1 Å². The number of aromatic nitrogens is 2. The first-order chi connectivity index (χ1) is 10.1. The normalized spacial score (nSPS) is 12.3. The van der Waals surface area contributed by atoms with Crippen molar-refractivity contribution in [1.82, 2.24) is 9.97 Å². The van der Waals surface area contributed by atoms with Crippen LogP contribution in [0.3, 0.4) is 0 Å². The van der Waals surface area contributed by atoms with E-state index in [2.05, 4.69) is 41.3 Å². The third-order valence-corrected chi connectivity index (χ3v) is 3.61. The third kappa shape index (κ3) is 2.70. The molecule has 1 N–H and O–H groups in total. The Bertz CT molecular complexity index is 786. The molecule has 0 saturated carbocycles. The van der Waals surface area contributed by atoms with E-state index < -0.39 is 0 Å². The van der Waals surface area contributed by atoms with Gasteiger partial charge >= 0.3 is 0 Å². The number of anilines is 1. The fourth-order valence-corrected chi connectivity index (χ4v) is 2.50. The van der Waals surface area contributed by atoms with Gasteiger partial charge in [-0.1, -0.05) is 24.3 Å². The van der Waals surface area contributed by atoms with Crippen LogP contribution in [0.5, 0.6) is 0 Å². The van der Waals surface area contributed by atoms with Crippen LogP contribution in [0.15, 0.2) is 48.8 Å². The number of benzene rings is 2. The van der Waals surface area contributed by atoms with E-state index in [1.54, 1.807) is 6.07 Å². The second kappa shape index (κ2) is 5.48. The van der Waals surface area contributed by atoms with Crippen molar-refractivity contribution in [2.24, 2.45) is 0 Å². The van der Waals surface area contributed by atoms with Crippen molar-refractivity contribution in [3.8, 4) is 0 Å². The summed E-state index contributed by atoms with van der Waals surface area (Å²) in [7, 11) is 0. The van der Waals surface area contributed by atoms with Crippen molar-refractivity contribution in [3.63, 3.8) is 0 Å². The van der Waals surface area contributed by atoms with E-state index in [9.17, 15) is 4.39 Å². The minimum Gasteiger partial charge on any atom is -0.363 e. The maximum absolute atomic E-state index is 13.5. The number of rotatable bonds is 3. The van der Waals surface area contributed by atoms with Crippen molar-refractivity contribution < 1.29 is 4.39 Å². The van der Waals surface area contributed by atoms with Crippen molar-refractivity contribution in [1.29, 1.82) is 0 Å². The zero-order valence-corrected chi connectivity index (χ0v) is 12.0. The average molecular weight is 281 g/mol. The molecule has 0 saturated heterocycles. The predicted molar refractivity (Wildman–Crippen MR) is 82.7 cm³/mol. The second-order valence-electron chi connectivity index (χ2n) is 5.11. The van der Waals surface area contributed by atoms with Crippen molar-refractivity contribution >= 4 is 16.7 Å². The molecule has 0 radical (unpaired) electrons. The van der Waals surface area contributed by atoms with Gasteiger partial charge in [0.25, 0.3) is 0 Å². The maximum Gasteiger partial charge on any atom is 0.137 e. The molecule has 106 valence electrons. The van der Waals surface area contributed by atoms with Crippen LogP contribution >= 0.6 is 0 Å². The monoisotopic (exact) mass is 281 g/mol. The molecule has 1 atom stereocenters. The van der Waals surface area contributed by atoms with E-state index in [0.717, 1.165) is 5.52 Å². The average Bonchev–Trinajstić information content (AvgIpc) is 2.48. The minimum absolute atomic E-state index is 0.0765. The Morgan fingerprint density at radius 3 is 2.71 bits per heavy atom. The van der Waals surface area contributed by atoms with E-state index >= 15 is 0 Å². The highest BCUT2D eigenvalue weighted by atomic mass is 19.1. The molecule has 21 heavy (non-hydrogen) atoms. The van der Waals surface area contributed by atoms with Crippen LogP contribution in [0.25, 0.3) is 10.9 Å². The van der Waals surface area contributed by atoms with E-state index in [0.29, 0.717) is 11.2 Å². The molecular formula is C17H16FN3. The Hall–Kier alpha value is -2.49. The highest BCUT2D eigenvalue weighted by molar-refractivity contribution is 5.88. The summed E-state index contributed by atoms with van der Waals surface area (Å²) in [5.74, 6) is 0.360. The van der Waals surface area contributed by atoms with Crippen LogP contribution in [0, 0.1) is 12.7 Å². The largest absolute Gasteiger partial charge is 0.363 e. The highest BCUT2D eigenvalue weighted by Gasteiger charge is 2.11. The topological polar surface area (TPSA) is 37.8 Å². The van der Waals surface area contributed by atoms with Gasteiger partial charge in [0.05, 0.1) is 11.6 Å². The summed E-state index contributed by atoms with van der Waals surface area (Å²) in [5.41, 5.74) is 3.13. The molecule has 3 nitrogen and oxygen atoms in total. The van der Waals surface area contributed by atoms with E-state index in [-0.39, 0.29) is 11.9 Å². The molecule has 0 bridgehead atoms. The van der Waals surface area contributed by atoms with Crippen LogP contribution in [0.2, 0.25) is 0 Å². The minimum atomic E-state index is -0.288. The number of nitrogens with zero attached hydrogens (tertiary/aromatic N) is 2. The SMILES string of the molecule is Cc1ccccc1C(C)Nc1ncnc2ccc(F)cc12. The molecule has 0 aliphatic carbocycles. The van der Waals surface area contributed by atoms with Crippen LogP contribution in [-0.2, 0) is 0 Å². The van der Waals surface area contributed by atoms with Crippen LogP contribution in [-0.4, -0.2) is 9.97 Å². The maximum atomic E-state index is 13.5. The van der Waals surface area contributed by atoms with Crippen molar-refractivity contribution in [3.05, 3.63) is 65.7 Å². The number of halogens is 1. The Labute approximate surface area is 122 Å². The number of hydrogen-bond acceptors (Lipinski definition) is 3. The lowest BCUT2D eigenvalue weighted by atomic mass is 10.0. The predicted octanol–water partition coefficient (Wildman–Crippen LogP) is 4.25. The van der Waals surface area contributed by atoms with Gasteiger partial charge < -0.3 is 5.32 Å². The van der Waals surface area contributed by atoms with Gasteiger partial charge in [-0.3, -0.25) is 0 Å². The quantitative estimate of drug-likeness (QED) is 0.780. The Kier molecular flexibility index (Phi) is 3.52. The number of hydrogen-bond donors (Lipinski definition) is 1. The first-order valence-electron chi connectivity index (χ1n) is 6.87.